The number of amides is 1. The summed E-state index contributed by atoms with van der Waals surface area (Å²) in [5.74, 6) is 3.68. The molecule has 6 nitrogen and oxygen atoms in total. The summed E-state index contributed by atoms with van der Waals surface area (Å²) in [6, 6.07) is 11.2. The summed E-state index contributed by atoms with van der Waals surface area (Å²) in [5.41, 5.74) is 0.462. The fourth-order valence-electron chi connectivity index (χ4n) is 3.60. The Labute approximate surface area is 163 Å². The SMILES string of the molecule is CCN(Cc1nc2ccccc2c(=O)[nH]1)C(=O)CCc1ccc(C2CC2C)o1. The van der Waals surface area contributed by atoms with Crippen molar-refractivity contribution in [2.75, 3.05) is 6.54 Å². The molecule has 1 saturated carbocycles. The van der Waals surface area contributed by atoms with Crippen molar-refractivity contribution >= 4 is 16.8 Å². The zero-order chi connectivity index (χ0) is 19.7. The Balaban J connectivity index is 1.40. The molecule has 2 aromatic heterocycles. The van der Waals surface area contributed by atoms with Crippen molar-refractivity contribution in [1.82, 2.24) is 14.9 Å². The summed E-state index contributed by atoms with van der Waals surface area (Å²) in [5, 5.41) is 0.555. The van der Waals surface area contributed by atoms with Gasteiger partial charge in [0.2, 0.25) is 5.91 Å². The van der Waals surface area contributed by atoms with Gasteiger partial charge in [0.1, 0.15) is 17.3 Å². The summed E-state index contributed by atoms with van der Waals surface area (Å²) in [4.78, 5) is 33.9. The highest BCUT2D eigenvalue weighted by molar-refractivity contribution is 5.78. The number of benzene rings is 1. The van der Waals surface area contributed by atoms with E-state index in [0.29, 0.717) is 54.5 Å². The number of fused-ring (bicyclic) bond motifs is 1. The third-order valence-corrected chi connectivity index (χ3v) is 5.48. The average Bonchev–Trinajstić information content (AvgIpc) is 3.24. The van der Waals surface area contributed by atoms with Crippen molar-refractivity contribution in [3.8, 4) is 0 Å². The minimum absolute atomic E-state index is 0.0241. The fraction of sp³-hybridized carbons (Fsp3) is 0.409. The number of nitrogens with one attached hydrogen (secondary N) is 1. The van der Waals surface area contributed by atoms with Crippen LogP contribution < -0.4 is 5.56 Å². The van der Waals surface area contributed by atoms with E-state index in [1.807, 2.05) is 31.2 Å². The summed E-state index contributed by atoms with van der Waals surface area (Å²) in [7, 11) is 0. The van der Waals surface area contributed by atoms with Gasteiger partial charge in [0.25, 0.3) is 5.56 Å². The van der Waals surface area contributed by atoms with Crippen LogP contribution in [0.1, 0.15) is 50.0 Å². The van der Waals surface area contributed by atoms with Gasteiger partial charge in [-0.25, -0.2) is 4.98 Å². The predicted molar refractivity (Wildman–Crippen MR) is 107 cm³/mol. The van der Waals surface area contributed by atoms with E-state index < -0.39 is 0 Å². The van der Waals surface area contributed by atoms with Crippen LogP contribution in [-0.2, 0) is 17.8 Å². The molecule has 1 amide bonds. The monoisotopic (exact) mass is 379 g/mol. The van der Waals surface area contributed by atoms with Crippen LogP contribution in [0.3, 0.4) is 0 Å². The Hall–Kier alpha value is -2.89. The minimum Gasteiger partial charge on any atom is -0.466 e. The van der Waals surface area contributed by atoms with Gasteiger partial charge in [-0.2, -0.15) is 0 Å². The molecule has 4 rings (SSSR count). The number of furan rings is 1. The summed E-state index contributed by atoms with van der Waals surface area (Å²) >= 11 is 0. The van der Waals surface area contributed by atoms with E-state index in [9.17, 15) is 9.59 Å². The molecule has 146 valence electrons. The zero-order valence-electron chi connectivity index (χ0n) is 16.3. The van der Waals surface area contributed by atoms with Gasteiger partial charge in [-0.1, -0.05) is 19.1 Å². The first-order chi connectivity index (χ1) is 13.5. The van der Waals surface area contributed by atoms with Crippen molar-refractivity contribution in [3.63, 3.8) is 0 Å². The lowest BCUT2D eigenvalue weighted by molar-refractivity contribution is -0.131. The lowest BCUT2D eigenvalue weighted by Crippen LogP contribution is -2.32. The Kier molecular flexibility index (Phi) is 5.03. The highest BCUT2D eigenvalue weighted by Gasteiger charge is 2.36. The first-order valence-electron chi connectivity index (χ1n) is 9.89. The molecule has 3 aromatic rings. The Morgan fingerprint density at radius 2 is 2.07 bits per heavy atom. The van der Waals surface area contributed by atoms with Gasteiger partial charge >= 0.3 is 0 Å². The van der Waals surface area contributed by atoms with E-state index in [2.05, 4.69) is 16.9 Å². The summed E-state index contributed by atoms with van der Waals surface area (Å²) < 4.78 is 5.89. The average molecular weight is 379 g/mol. The molecule has 1 aromatic carbocycles. The first-order valence-corrected chi connectivity index (χ1v) is 9.89. The standard InChI is InChI=1S/C22H25N3O3/c1-3-25(13-20-23-18-7-5-4-6-16(18)22(27)24-20)21(26)11-9-15-8-10-19(28-15)17-12-14(17)2/h4-8,10,14,17H,3,9,11-13H2,1-2H3,(H,23,24,27). The number of H-pyrrole nitrogens is 1. The minimum atomic E-state index is -0.179. The van der Waals surface area contributed by atoms with Gasteiger partial charge in [-0.15, -0.1) is 0 Å². The molecule has 2 heterocycles. The van der Waals surface area contributed by atoms with Crippen molar-refractivity contribution < 1.29 is 9.21 Å². The largest absolute Gasteiger partial charge is 0.466 e. The van der Waals surface area contributed by atoms with Crippen molar-refractivity contribution in [2.45, 2.75) is 45.6 Å². The number of aromatic nitrogens is 2. The molecule has 1 N–H and O–H groups in total. The summed E-state index contributed by atoms with van der Waals surface area (Å²) in [6.45, 7) is 4.99. The van der Waals surface area contributed by atoms with Crippen LogP contribution in [-0.4, -0.2) is 27.3 Å². The second-order valence-corrected chi connectivity index (χ2v) is 7.56. The van der Waals surface area contributed by atoms with E-state index >= 15 is 0 Å². The van der Waals surface area contributed by atoms with Gasteiger partial charge in [-0.3, -0.25) is 9.59 Å². The van der Waals surface area contributed by atoms with Crippen LogP contribution in [0, 0.1) is 5.92 Å². The van der Waals surface area contributed by atoms with Crippen LogP contribution >= 0.6 is 0 Å². The van der Waals surface area contributed by atoms with Crippen molar-refractivity contribution in [3.05, 3.63) is 64.1 Å². The van der Waals surface area contributed by atoms with E-state index in [0.717, 1.165) is 11.5 Å². The van der Waals surface area contributed by atoms with Crippen LogP contribution in [0.25, 0.3) is 10.9 Å². The molecule has 1 fully saturated rings. The molecule has 2 unspecified atom stereocenters. The van der Waals surface area contributed by atoms with Crippen LogP contribution in [0.4, 0.5) is 0 Å². The van der Waals surface area contributed by atoms with Gasteiger partial charge in [0.05, 0.1) is 17.4 Å². The first kappa shape index (κ1) is 18.5. The Bertz CT molecular complexity index is 1050. The van der Waals surface area contributed by atoms with E-state index in [1.54, 1.807) is 17.0 Å². The molecule has 28 heavy (non-hydrogen) atoms. The molecule has 0 radical (unpaired) electrons. The molecular formula is C22H25N3O3. The van der Waals surface area contributed by atoms with Gasteiger partial charge in [0.15, 0.2) is 0 Å². The summed E-state index contributed by atoms with van der Waals surface area (Å²) in [6.07, 6.45) is 2.14. The third kappa shape index (κ3) is 3.86. The van der Waals surface area contributed by atoms with Crippen molar-refractivity contribution in [1.29, 1.82) is 0 Å². The van der Waals surface area contributed by atoms with E-state index in [4.69, 9.17) is 4.42 Å². The Morgan fingerprint density at radius 3 is 2.82 bits per heavy atom. The number of para-hydroxylation sites is 1. The molecule has 0 spiro atoms. The molecule has 1 aliphatic rings. The van der Waals surface area contributed by atoms with Gasteiger partial charge in [0, 0.05) is 25.3 Å². The highest BCUT2D eigenvalue weighted by atomic mass is 16.3. The number of carbonyl (C=O) groups is 1. The number of nitrogens with zero attached hydrogens (tertiary/aromatic N) is 2. The van der Waals surface area contributed by atoms with Crippen LogP contribution in [0.15, 0.2) is 45.6 Å². The molecule has 1 aliphatic carbocycles. The second kappa shape index (κ2) is 7.62. The maximum atomic E-state index is 12.7. The Morgan fingerprint density at radius 1 is 1.29 bits per heavy atom. The lowest BCUT2D eigenvalue weighted by atomic mass is 10.2. The number of carbonyl (C=O) groups excluding carboxylic acids is 1. The number of hydrogen-bond donors (Lipinski definition) is 1. The number of hydrogen-bond acceptors (Lipinski definition) is 4. The molecular weight excluding hydrogens is 354 g/mol. The van der Waals surface area contributed by atoms with E-state index in [1.165, 1.54) is 6.42 Å². The quantitative estimate of drug-likeness (QED) is 0.680. The second-order valence-electron chi connectivity index (χ2n) is 7.56. The molecule has 2 atom stereocenters. The van der Waals surface area contributed by atoms with Gasteiger partial charge in [-0.05, 0) is 43.5 Å². The molecule has 0 aliphatic heterocycles. The normalized spacial score (nSPS) is 18.4. The maximum Gasteiger partial charge on any atom is 0.258 e. The number of aromatic amines is 1. The molecule has 6 heteroatoms. The fourth-order valence-corrected chi connectivity index (χ4v) is 3.60. The zero-order valence-corrected chi connectivity index (χ0v) is 16.3. The van der Waals surface area contributed by atoms with Crippen LogP contribution in [0.2, 0.25) is 0 Å². The number of rotatable bonds is 7. The molecule has 0 saturated heterocycles. The van der Waals surface area contributed by atoms with Crippen LogP contribution in [0.5, 0.6) is 0 Å². The third-order valence-electron chi connectivity index (χ3n) is 5.48. The van der Waals surface area contributed by atoms with Gasteiger partial charge < -0.3 is 14.3 Å². The van der Waals surface area contributed by atoms with Crippen molar-refractivity contribution in [2.24, 2.45) is 5.92 Å². The highest BCUT2D eigenvalue weighted by Crippen LogP contribution is 2.47. The number of aryl methyl sites for hydroxylation is 1. The molecule has 0 bridgehead atoms. The lowest BCUT2D eigenvalue weighted by Gasteiger charge is -2.20. The topological polar surface area (TPSA) is 79.2 Å². The smallest absolute Gasteiger partial charge is 0.258 e. The maximum absolute atomic E-state index is 12.7. The van der Waals surface area contributed by atoms with E-state index in [-0.39, 0.29) is 11.5 Å². The predicted octanol–water partition coefficient (Wildman–Crippen LogP) is 3.62.